The third-order valence-electron chi connectivity index (χ3n) is 7.09. The highest BCUT2D eigenvalue weighted by Gasteiger charge is 2.31. The number of amides is 2. The molecule has 0 unspecified atom stereocenters. The van der Waals surface area contributed by atoms with E-state index >= 15 is 0 Å². The number of carbonyl (C=O) groups excluding carboxylic acids is 2. The predicted molar refractivity (Wildman–Crippen MR) is 147 cm³/mol. The van der Waals surface area contributed by atoms with Crippen molar-refractivity contribution in [3.8, 4) is 16.9 Å². The van der Waals surface area contributed by atoms with Gasteiger partial charge in [-0.15, -0.1) is 0 Å². The second-order valence-corrected chi connectivity index (χ2v) is 10.1. The molecule has 0 saturated carbocycles. The van der Waals surface area contributed by atoms with Gasteiger partial charge in [0.15, 0.2) is 0 Å². The lowest BCUT2D eigenvalue weighted by molar-refractivity contribution is -0.0205. The second kappa shape index (κ2) is 12.2. The van der Waals surface area contributed by atoms with Crippen LogP contribution in [-0.4, -0.2) is 65.8 Å². The summed E-state index contributed by atoms with van der Waals surface area (Å²) in [5, 5.41) is 9.99. The number of rotatable bonds is 5. The van der Waals surface area contributed by atoms with Gasteiger partial charge in [-0.1, -0.05) is 67.1 Å². The molecule has 7 heteroatoms. The molecule has 1 aliphatic rings. The summed E-state index contributed by atoms with van der Waals surface area (Å²) in [7, 11) is 1.68. The van der Waals surface area contributed by atoms with E-state index in [1.165, 1.54) is 4.90 Å². The average molecular weight is 517 g/mol. The Morgan fingerprint density at radius 3 is 2.37 bits per heavy atom. The minimum Gasteiger partial charge on any atom is -0.410 e. The summed E-state index contributed by atoms with van der Waals surface area (Å²) in [6.45, 7) is 6.61. The number of aliphatic hydroxyl groups is 1. The molecule has 3 aromatic carbocycles. The first kappa shape index (κ1) is 27.4. The fourth-order valence-corrected chi connectivity index (χ4v) is 4.68. The van der Waals surface area contributed by atoms with Gasteiger partial charge in [-0.2, -0.15) is 0 Å². The predicted octanol–water partition coefficient (Wildman–Crippen LogP) is 5.15. The molecule has 7 nitrogen and oxygen atoms in total. The highest BCUT2D eigenvalue weighted by molar-refractivity contribution is 6.01. The van der Waals surface area contributed by atoms with Crippen molar-refractivity contribution in [3.05, 3.63) is 89.5 Å². The Labute approximate surface area is 224 Å². The molecule has 3 aromatic rings. The molecule has 38 heavy (non-hydrogen) atoms. The average Bonchev–Trinajstić information content (AvgIpc) is 2.95. The molecular weight excluding hydrogens is 480 g/mol. The Bertz CT molecular complexity index is 1260. The molecule has 0 bridgehead atoms. The first-order chi connectivity index (χ1) is 18.3. The van der Waals surface area contributed by atoms with E-state index in [1.807, 2.05) is 81.4 Å². The Morgan fingerprint density at radius 2 is 1.68 bits per heavy atom. The van der Waals surface area contributed by atoms with E-state index in [2.05, 4.69) is 0 Å². The summed E-state index contributed by atoms with van der Waals surface area (Å²) >= 11 is 0. The largest absolute Gasteiger partial charge is 0.415 e. The van der Waals surface area contributed by atoms with Crippen LogP contribution in [0.25, 0.3) is 11.1 Å². The number of hydrogen-bond acceptors (Lipinski definition) is 5. The fraction of sp³-hybridized carbons (Fsp3) is 0.355. The summed E-state index contributed by atoms with van der Waals surface area (Å²) in [6.07, 6.45) is -0.871. The zero-order valence-corrected chi connectivity index (χ0v) is 22.5. The molecule has 0 aromatic heterocycles. The molecule has 2 amide bonds. The monoisotopic (exact) mass is 516 g/mol. The fourth-order valence-electron chi connectivity index (χ4n) is 4.68. The number of ether oxygens (including phenoxy) is 2. The van der Waals surface area contributed by atoms with Crippen LogP contribution >= 0.6 is 0 Å². The van der Waals surface area contributed by atoms with Crippen LogP contribution in [0, 0.1) is 12.8 Å². The minimum atomic E-state index is -0.483. The SMILES string of the molecule is Cc1ccc(OC(=O)N(C)C[C@@H]2OCc3ccccc3-c3ccccc3C(=O)N([C@@H](C)CO)C[C@@H]2C)cc1. The van der Waals surface area contributed by atoms with Gasteiger partial charge in [-0.05, 0) is 48.7 Å². The third-order valence-corrected chi connectivity index (χ3v) is 7.09. The van der Waals surface area contributed by atoms with Crippen LogP contribution in [0.5, 0.6) is 5.75 Å². The lowest BCUT2D eigenvalue weighted by Crippen LogP contribution is -2.47. The first-order valence-corrected chi connectivity index (χ1v) is 13.0. The van der Waals surface area contributed by atoms with Crippen molar-refractivity contribution in [2.45, 2.75) is 39.5 Å². The van der Waals surface area contributed by atoms with Crippen molar-refractivity contribution in [1.29, 1.82) is 0 Å². The van der Waals surface area contributed by atoms with E-state index < -0.39 is 6.09 Å². The molecule has 0 aliphatic carbocycles. The summed E-state index contributed by atoms with van der Waals surface area (Å²) in [5.41, 5.74) is 4.38. The number of nitrogens with zero attached hydrogens (tertiary/aromatic N) is 2. The summed E-state index contributed by atoms with van der Waals surface area (Å²) in [6, 6.07) is 22.4. The standard InChI is InChI=1S/C31H36N2O5/c1-21-13-15-25(16-14-21)38-31(36)32(4)18-29-22(2)17-33(23(3)19-34)30(35)28-12-8-7-11-27(28)26-10-6-5-9-24(26)20-37-29/h5-16,22-23,29,34H,17-20H2,1-4H3/t22-,23-,29-/m0/s1. The Balaban J connectivity index is 1.64. The van der Waals surface area contributed by atoms with E-state index in [0.717, 1.165) is 22.3 Å². The number of fused-ring (bicyclic) bond motifs is 3. The Kier molecular flexibility index (Phi) is 8.81. The van der Waals surface area contributed by atoms with Crippen LogP contribution in [0.1, 0.15) is 35.3 Å². The molecule has 3 atom stereocenters. The molecule has 1 heterocycles. The molecule has 1 N–H and O–H groups in total. The van der Waals surface area contributed by atoms with E-state index in [1.54, 1.807) is 24.1 Å². The third kappa shape index (κ3) is 6.23. The van der Waals surface area contributed by atoms with Gasteiger partial charge in [0.05, 0.1) is 31.9 Å². The van der Waals surface area contributed by atoms with Gasteiger partial charge in [0.1, 0.15) is 5.75 Å². The zero-order chi connectivity index (χ0) is 27.2. The summed E-state index contributed by atoms with van der Waals surface area (Å²) < 4.78 is 12.0. The van der Waals surface area contributed by atoms with Gasteiger partial charge in [0.25, 0.3) is 5.91 Å². The van der Waals surface area contributed by atoms with Crippen molar-refractivity contribution < 1.29 is 24.2 Å². The first-order valence-electron chi connectivity index (χ1n) is 13.0. The zero-order valence-electron chi connectivity index (χ0n) is 22.5. The number of hydrogen-bond donors (Lipinski definition) is 1. The van der Waals surface area contributed by atoms with Gasteiger partial charge < -0.3 is 24.4 Å². The molecule has 200 valence electrons. The molecule has 0 radical (unpaired) electrons. The van der Waals surface area contributed by atoms with Crippen molar-refractivity contribution in [2.24, 2.45) is 5.92 Å². The molecule has 4 rings (SSSR count). The van der Waals surface area contributed by atoms with Crippen LogP contribution in [0.2, 0.25) is 0 Å². The van der Waals surface area contributed by atoms with Gasteiger partial charge in [-0.25, -0.2) is 4.79 Å². The van der Waals surface area contributed by atoms with Gasteiger partial charge >= 0.3 is 6.09 Å². The molecule has 0 fully saturated rings. The van der Waals surface area contributed by atoms with Crippen LogP contribution in [0.15, 0.2) is 72.8 Å². The summed E-state index contributed by atoms with van der Waals surface area (Å²) in [4.78, 5) is 30.0. The number of aliphatic hydroxyl groups excluding tert-OH is 1. The van der Waals surface area contributed by atoms with Crippen LogP contribution in [0.3, 0.4) is 0 Å². The van der Waals surface area contributed by atoms with Crippen LogP contribution < -0.4 is 4.74 Å². The van der Waals surface area contributed by atoms with E-state index in [0.29, 0.717) is 24.5 Å². The number of likely N-dealkylation sites (N-methyl/N-ethyl adjacent to an activating group) is 1. The maximum Gasteiger partial charge on any atom is 0.415 e. The number of aryl methyl sites for hydroxylation is 1. The minimum absolute atomic E-state index is 0.139. The maximum absolute atomic E-state index is 13.9. The highest BCUT2D eigenvalue weighted by atomic mass is 16.6. The normalized spacial score (nSPS) is 18.6. The topological polar surface area (TPSA) is 79.3 Å². The van der Waals surface area contributed by atoms with Gasteiger partial charge in [-0.3, -0.25) is 4.79 Å². The smallest absolute Gasteiger partial charge is 0.410 e. The van der Waals surface area contributed by atoms with Crippen LogP contribution in [0.4, 0.5) is 4.79 Å². The lowest BCUT2D eigenvalue weighted by Gasteiger charge is -2.35. The quantitative estimate of drug-likeness (QED) is 0.507. The molecule has 0 saturated heterocycles. The Morgan fingerprint density at radius 1 is 1.05 bits per heavy atom. The Hall–Kier alpha value is -3.68. The summed E-state index contributed by atoms with van der Waals surface area (Å²) in [5.74, 6) is 0.195. The number of benzene rings is 3. The van der Waals surface area contributed by atoms with Crippen LogP contribution in [-0.2, 0) is 11.3 Å². The lowest BCUT2D eigenvalue weighted by atomic mass is 9.94. The molecule has 1 aliphatic heterocycles. The molecule has 0 spiro atoms. The van der Waals surface area contributed by atoms with Crippen molar-refractivity contribution >= 4 is 12.0 Å². The molecular formula is C31H36N2O5. The van der Waals surface area contributed by atoms with Crippen molar-refractivity contribution in [3.63, 3.8) is 0 Å². The van der Waals surface area contributed by atoms with Crippen molar-refractivity contribution in [1.82, 2.24) is 9.80 Å². The van der Waals surface area contributed by atoms with Gasteiger partial charge in [0.2, 0.25) is 0 Å². The van der Waals surface area contributed by atoms with E-state index in [9.17, 15) is 14.7 Å². The number of carbonyl (C=O) groups is 2. The maximum atomic E-state index is 13.9. The van der Waals surface area contributed by atoms with Gasteiger partial charge in [0, 0.05) is 25.1 Å². The highest BCUT2D eigenvalue weighted by Crippen LogP contribution is 2.31. The van der Waals surface area contributed by atoms with E-state index in [4.69, 9.17) is 9.47 Å². The second-order valence-electron chi connectivity index (χ2n) is 10.1. The van der Waals surface area contributed by atoms with E-state index in [-0.39, 0.29) is 37.1 Å². The van der Waals surface area contributed by atoms with Crippen molar-refractivity contribution in [2.75, 3.05) is 26.7 Å².